The number of hydrogen-bond acceptors (Lipinski definition) is 2. The molecule has 4 aromatic rings. The van der Waals surface area contributed by atoms with Crippen LogP contribution in [0.3, 0.4) is 0 Å². The van der Waals surface area contributed by atoms with Gasteiger partial charge in [-0.2, -0.15) is 0 Å². The highest BCUT2D eigenvalue weighted by molar-refractivity contribution is 9.10. The lowest BCUT2D eigenvalue weighted by atomic mass is 10.2. The normalized spacial score (nSPS) is 11.0. The van der Waals surface area contributed by atoms with Crippen molar-refractivity contribution < 1.29 is 4.74 Å². The number of aryl methyl sites for hydroxylation is 2. The lowest BCUT2D eigenvalue weighted by molar-refractivity contribution is 0.302. The highest BCUT2D eigenvalue weighted by Crippen LogP contribution is 2.27. The monoisotopic (exact) mass is 420 g/mol. The first-order valence-corrected chi connectivity index (χ1v) is 9.91. The van der Waals surface area contributed by atoms with Crippen molar-refractivity contribution in [2.75, 3.05) is 6.61 Å². The fourth-order valence-electron chi connectivity index (χ4n) is 3.27. The number of fused-ring (bicyclic) bond motifs is 1. The van der Waals surface area contributed by atoms with E-state index in [1.165, 1.54) is 5.56 Å². The average Bonchev–Trinajstić information content (AvgIpc) is 3.04. The molecule has 0 spiro atoms. The van der Waals surface area contributed by atoms with Crippen molar-refractivity contribution in [3.63, 3.8) is 0 Å². The van der Waals surface area contributed by atoms with Gasteiger partial charge in [0.05, 0.1) is 17.6 Å². The number of halogens is 1. The molecule has 0 radical (unpaired) electrons. The molecule has 0 bridgehead atoms. The molecule has 27 heavy (non-hydrogen) atoms. The predicted octanol–water partition coefficient (Wildman–Crippen LogP) is 6.24. The van der Waals surface area contributed by atoms with Gasteiger partial charge in [-0.15, -0.1) is 0 Å². The summed E-state index contributed by atoms with van der Waals surface area (Å²) in [6.45, 7) is 3.61. The highest BCUT2D eigenvalue weighted by Gasteiger charge is 2.12. The molecular formula is C23H21BrN2O. The minimum atomic E-state index is 0.674. The summed E-state index contributed by atoms with van der Waals surface area (Å²) in [6.07, 6.45) is 0.912. The lowest BCUT2D eigenvalue weighted by Gasteiger charge is -2.11. The van der Waals surface area contributed by atoms with E-state index in [4.69, 9.17) is 9.72 Å². The van der Waals surface area contributed by atoms with Gasteiger partial charge in [0.15, 0.2) is 0 Å². The fraction of sp³-hybridized carbons (Fsp3) is 0.174. The number of aromatic nitrogens is 2. The van der Waals surface area contributed by atoms with E-state index < -0.39 is 0 Å². The molecule has 0 aliphatic carbocycles. The molecule has 3 aromatic carbocycles. The molecule has 136 valence electrons. The van der Waals surface area contributed by atoms with Gasteiger partial charge in [0.2, 0.25) is 0 Å². The second-order valence-corrected chi connectivity index (χ2v) is 7.52. The smallest absolute Gasteiger partial charge is 0.141 e. The Balaban J connectivity index is 1.56. The van der Waals surface area contributed by atoms with Crippen LogP contribution in [0.25, 0.3) is 22.4 Å². The number of hydrogen-bond donors (Lipinski definition) is 0. The van der Waals surface area contributed by atoms with Gasteiger partial charge in [-0.25, -0.2) is 4.98 Å². The van der Waals surface area contributed by atoms with Crippen molar-refractivity contribution in [2.45, 2.75) is 19.9 Å². The van der Waals surface area contributed by atoms with Crippen LogP contribution in [0.1, 0.15) is 12.0 Å². The van der Waals surface area contributed by atoms with Gasteiger partial charge in [-0.3, -0.25) is 0 Å². The van der Waals surface area contributed by atoms with Crippen LogP contribution in [-0.4, -0.2) is 16.2 Å². The van der Waals surface area contributed by atoms with Crippen LogP contribution in [0.2, 0.25) is 0 Å². The number of imidazole rings is 1. The zero-order chi connectivity index (χ0) is 18.6. The molecule has 0 amide bonds. The van der Waals surface area contributed by atoms with Gasteiger partial charge in [-0.1, -0.05) is 52.3 Å². The first kappa shape index (κ1) is 17.8. The first-order valence-electron chi connectivity index (χ1n) is 9.11. The molecule has 0 fully saturated rings. The molecule has 4 rings (SSSR count). The maximum absolute atomic E-state index is 5.92. The minimum Gasteiger partial charge on any atom is -0.494 e. The maximum atomic E-state index is 5.92. The van der Waals surface area contributed by atoms with E-state index >= 15 is 0 Å². The molecule has 3 nitrogen and oxygen atoms in total. The van der Waals surface area contributed by atoms with Crippen LogP contribution in [0.5, 0.6) is 5.75 Å². The van der Waals surface area contributed by atoms with Crippen LogP contribution >= 0.6 is 15.9 Å². The molecule has 0 aliphatic heterocycles. The van der Waals surface area contributed by atoms with Gasteiger partial charge < -0.3 is 9.30 Å². The largest absolute Gasteiger partial charge is 0.494 e. The molecule has 0 aliphatic rings. The van der Waals surface area contributed by atoms with Crippen LogP contribution < -0.4 is 4.74 Å². The Morgan fingerprint density at radius 1 is 0.963 bits per heavy atom. The molecular weight excluding hydrogens is 400 g/mol. The molecule has 0 saturated heterocycles. The first-order chi connectivity index (χ1) is 13.2. The summed E-state index contributed by atoms with van der Waals surface area (Å²) in [7, 11) is 0. The third-order valence-corrected chi connectivity index (χ3v) is 5.01. The van der Waals surface area contributed by atoms with Gasteiger partial charge >= 0.3 is 0 Å². The van der Waals surface area contributed by atoms with Crippen LogP contribution in [-0.2, 0) is 6.54 Å². The summed E-state index contributed by atoms with van der Waals surface area (Å²) >= 11 is 3.57. The summed E-state index contributed by atoms with van der Waals surface area (Å²) in [5.74, 6) is 1.92. The Kier molecular flexibility index (Phi) is 5.26. The van der Waals surface area contributed by atoms with Gasteiger partial charge in [0, 0.05) is 16.6 Å². The van der Waals surface area contributed by atoms with E-state index in [1.54, 1.807) is 0 Å². The number of ether oxygens (including phenoxy) is 1. The van der Waals surface area contributed by atoms with Crippen molar-refractivity contribution >= 4 is 27.0 Å². The zero-order valence-electron chi connectivity index (χ0n) is 15.2. The predicted molar refractivity (Wildman–Crippen MR) is 114 cm³/mol. The Hall–Kier alpha value is -2.59. The van der Waals surface area contributed by atoms with E-state index in [2.05, 4.69) is 69.9 Å². The second-order valence-electron chi connectivity index (χ2n) is 6.60. The van der Waals surface area contributed by atoms with E-state index in [-0.39, 0.29) is 0 Å². The molecule has 0 N–H and O–H groups in total. The Morgan fingerprint density at radius 3 is 2.67 bits per heavy atom. The van der Waals surface area contributed by atoms with Crippen LogP contribution in [0.15, 0.2) is 77.3 Å². The summed E-state index contributed by atoms with van der Waals surface area (Å²) in [6, 6.07) is 24.8. The summed E-state index contributed by atoms with van der Waals surface area (Å²) in [4.78, 5) is 4.87. The number of nitrogens with zero attached hydrogens (tertiary/aromatic N) is 2. The van der Waals surface area contributed by atoms with E-state index in [1.807, 2.05) is 30.3 Å². The standard InChI is InChI=1S/C23H21BrN2O/c1-17-7-4-10-20(15-17)27-14-6-13-26-22-12-3-2-11-21(22)25-23(26)18-8-5-9-19(24)16-18/h2-5,7-12,15-16H,6,13-14H2,1H3. The van der Waals surface area contributed by atoms with Gasteiger partial charge in [0.25, 0.3) is 0 Å². The van der Waals surface area contributed by atoms with Gasteiger partial charge in [0.1, 0.15) is 11.6 Å². The topological polar surface area (TPSA) is 27.1 Å². The lowest BCUT2D eigenvalue weighted by Crippen LogP contribution is -2.06. The van der Waals surface area contributed by atoms with E-state index in [0.29, 0.717) is 6.61 Å². The van der Waals surface area contributed by atoms with E-state index in [0.717, 1.165) is 45.6 Å². The van der Waals surface area contributed by atoms with Crippen molar-refractivity contribution in [1.82, 2.24) is 9.55 Å². The molecule has 0 unspecified atom stereocenters. The summed E-state index contributed by atoms with van der Waals surface area (Å²) < 4.78 is 9.27. The Labute approximate surface area is 167 Å². The Bertz CT molecular complexity index is 1070. The maximum Gasteiger partial charge on any atom is 0.141 e. The van der Waals surface area contributed by atoms with Crippen molar-refractivity contribution in [1.29, 1.82) is 0 Å². The van der Waals surface area contributed by atoms with Crippen molar-refractivity contribution in [2.24, 2.45) is 0 Å². The summed E-state index contributed by atoms with van der Waals surface area (Å²) in [5, 5.41) is 0. The number of rotatable bonds is 6. The quantitative estimate of drug-likeness (QED) is 0.345. The summed E-state index contributed by atoms with van der Waals surface area (Å²) in [5.41, 5.74) is 4.50. The molecule has 0 saturated carbocycles. The zero-order valence-corrected chi connectivity index (χ0v) is 16.8. The SMILES string of the molecule is Cc1cccc(OCCCn2c(-c3cccc(Br)c3)nc3ccccc32)c1. The number of benzene rings is 3. The van der Waals surface area contributed by atoms with Gasteiger partial charge in [-0.05, 0) is 55.3 Å². The molecule has 1 heterocycles. The Morgan fingerprint density at radius 2 is 1.81 bits per heavy atom. The third kappa shape index (κ3) is 4.06. The van der Waals surface area contributed by atoms with Crippen LogP contribution in [0, 0.1) is 6.92 Å². The van der Waals surface area contributed by atoms with Crippen molar-refractivity contribution in [3.8, 4) is 17.1 Å². The van der Waals surface area contributed by atoms with E-state index in [9.17, 15) is 0 Å². The third-order valence-electron chi connectivity index (χ3n) is 4.52. The molecule has 1 aromatic heterocycles. The average molecular weight is 421 g/mol. The van der Waals surface area contributed by atoms with Crippen molar-refractivity contribution in [3.05, 3.63) is 82.8 Å². The number of para-hydroxylation sites is 2. The second kappa shape index (κ2) is 7.97. The van der Waals surface area contributed by atoms with Crippen LogP contribution in [0.4, 0.5) is 0 Å². The fourth-order valence-corrected chi connectivity index (χ4v) is 3.67. The molecule has 0 atom stereocenters. The minimum absolute atomic E-state index is 0.674. The molecule has 4 heteroatoms. The highest BCUT2D eigenvalue weighted by atomic mass is 79.9.